The van der Waals surface area contributed by atoms with Gasteiger partial charge in [0.1, 0.15) is 0 Å². The Kier molecular flexibility index (Phi) is 11.1. The molecule has 3 rings (SSSR count). The van der Waals surface area contributed by atoms with Crippen LogP contribution in [0.3, 0.4) is 0 Å². The van der Waals surface area contributed by atoms with E-state index in [-0.39, 0.29) is 5.76 Å². The number of aliphatic hydroxyl groups is 1. The van der Waals surface area contributed by atoms with E-state index in [1.165, 1.54) is 52.7 Å². The molecule has 1 heterocycles. The van der Waals surface area contributed by atoms with E-state index in [2.05, 4.69) is 0 Å². The van der Waals surface area contributed by atoms with Gasteiger partial charge >= 0.3 is 0 Å². The fourth-order valence-corrected chi connectivity index (χ4v) is 4.64. The van der Waals surface area contributed by atoms with Gasteiger partial charge in [0.25, 0.3) is 0 Å². The second-order valence-electron chi connectivity index (χ2n) is 9.36. The molecule has 0 saturated carbocycles. The molecule has 0 fully saturated rings. The van der Waals surface area contributed by atoms with Crippen molar-refractivity contribution >= 4 is 11.0 Å². The monoisotopic (exact) mass is 512 g/mol. The average molecular weight is 513 g/mol. The molecule has 0 radical (unpaired) electrons. The van der Waals surface area contributed by atoms with Gasteiger partial charge in [0.15, 0.2) is 28.6 Å². The van der Waals surface area contributed by atoms with Crippen LogP contribution in [-0.2, 0) is 6.42 Å². The number of ether oxygens (including phenoxy) is 3. The molecule has 0 bridgehead atoms. The number of hydrogen-bond donors (Lipinski definition) is 2. The Morgan fingerprint density at radius 2 is 1.32 bits per heavy atom. The highest BCUT2D eigenvalue weighted by Crippen LogP contribution is 2.38. The number of unbranched alkanes of at least 4 members (excludes halogenated alkanes) is 9. The normalized spacial score (nSPS) is 11.1. The summed E-state index contributed by atoms with van der Waals surface area (Å²) in [5.41, 5.74) is 1.28. The number of hydrogen-bond acceptors (Lipinski definition) is 7. The maximum absolute atomic E-state index is 13.1. The summed E-state index contributed by atoms with van der Waals surface area (Å²) in [6.07, 6.45) is 12.4. The second kappa shape index (κ2) is 14.5. The summed E-state index contributed by atoms with van der Waals surface area (Å²) in [4.78, 5) is 13.1. The number of aryl methyl sites for hydroxylation is 1. The fourth-order valence-electron chi connectivity index (χ4n) is 4.64. The number of aliphatic hydroxyl groups excluding tert-OH is 1. The van der Waals surface area contributed by atoms with E-state index in [0.29, 0.717) is 40.4 Å². The highest BCUT2D eigenvalue weighted by molar-refractivity contribution is 5.87. The Bertz CT molecular complexity index is 1200. The first-order valence-electron chi connectivity index (χ1n) is 13.2. The quantitative estimate of drug-likeness (QED) is 0.208. The Labute approximate surface area is 219 Å². The van der Waals surface area contributed by atoms with Gasteiger partial charge in [-0.15, -0.1) is 0 Å². The van der Waals surface area contributed by atoms with Crippen molar-refractivity contribution in [3.05, 3.63) is 46.1 Å². The zero-order chi connectivity index (χ0) is 26.6. The van der Waals surface area contributed by atoms with Gasteiger partial charge in [-0.25, -0.2) is 0 Å². The van der Waals surface area contributed by atoms with Gasteiger partial charge < -0.3 is 28.8 Å². The minimum Gasteiger partial charge on any atom is -0.502 e. The molecule has 1 aromatic heterocycles. The van der Waals surface area contributed by atoms with E-state index in [9.17, 15) is 9.90 Å². The zero-order valence-corrected chi connectivity index (χ0v) is 22.3. The molecule has 0 aliphatic heterocycles. The van der Waals surface area contributed by atoms with Crippen molar-refractivity contribution < 1.29 is 28.8 Å². The molecule has 7 nitrogen and oxygen atoms in total. The molecule has 0 amide bonds. The first-order chi connectivity index (χ1) is 18.0. The van der Waals surface area contributed by atoms with Gasteiger partial charge in [-0.1, -0.05) is 51.4 Å². The lowest BCUT2D eigenvalue weighted by Crippen LogP contribution is -2.05. The summed E-state index contributed by atoms with van der Waals surface area (Å²) < 4.78 is 22.2. The summed E-state index contributed by atoms with van der Waals surface area (Å²) in [5.74, 6) is 1.06. The highest BCUT2D eigenvalue weighted by atomic mass is 16.5. The van der Waals surface area contributed by atoms with E-state index in [1.807, 2.05) is 6.07 Å². The standard InChI is InChI=1S/C30H40O7/c1-34-24-16-15-22(20-25(24)35-2)29-28(33)27(32)23-18-21(19-26(36-3)30(23)37-29)14-12-10-8-6-4-5-7-9-11-13-17-31/h15-16,18-20,31,33H,4-14,17H2,1-3H3. The lowest BCUT2D eigenvalue weighted by atomic mass is 10.0. The minimum absolute atomic E-state index is 0.0536. The van der Waals surface area contributed by atoms with Crippen molar-refractivity contribution in [2.75, 3.05) is 27.9 Å². The SMILES string of the molecule is COc1ccc(-c2oc3c(OC)cc(CCCCCCCCCCCCO)cc3c(=O)c2O)cc1OC. The molecule has 2 N–H and O–H groups in total. The van der Waals surface area contributed by atoms with Crippen LogP contribution < -0.4 is 19.6 Å². The summed E-state index contributed by atoms with van der Waals surface area (Å²) in [6, 6.07) is 8.75. The second-order valence-corrected chi connectivity index (χ2v) is 9.36. The molecule has 0 unspecified atom stereocenters. The van der Waals surface area contributed by atoms with Crippen LogP contribution in [0.25, 0.3) is 22.3 Å². The van der Waals surface area contributed by atoms with Crippen LogP contribution in [0.15, 0.2) is 39.5 Å². The molecular formula is C30H40O7. The minimum atomic E-state index is -0.495. The molecule has 0 aliphatic carbocycles. The van der Waals surface area contributed by atoms with E-state index < -0.39 is 11.2 Å². The molecule has 0 spiro atoms. The maximum Gasteiger partial charge on any atom is 0.235 e. The molecule has 3 aromatic rings. The summed E-state index contributed by atoms with van der Waals surface area (Å²) >= 11 is 0. The van der Waals surface area contributed by atoms with Crippen LogP contribution in [0.4, 0.5) is 0 Å². The van der Waals surface area contributed by atoms with Gasteiger partial charge in [-0.05, 0) is 55.2 Å². The predicted octanol–water partition coefficient (Wildman–Crippen LogP) is 6.63. The number of aromatic hydroxyl groups is 1. The summed E-state index contributed by atoms with van der Waals surface area (Å²) in [6.45, 7) is 0.301. The third-order valence-corrected chi connectivity index (χ3v) is 6.73. The molecule has 0 atom stereocenters. The lowest BCUT2D eigenvalue weighted by Gasteiger charge is -2.13. The molecule has 7 heteroatoms. The van der Waals surface area contributed by atoms with Gasteiger partial charge in [-0.3, -0.25) is 4.79 Å². The smallest absolute Gasteiger partial charge is 0.235 e. The van der Waals surface area contributed by atoms with Crippen LogP contribution in [0.2, 0.25) is 0 Å². The van der Waals surface area contributed by atoms with E-state index >= 15 is 0 Å². The Hall–Kier alpha value is -3.19. The number of methoxy groups -OCH3 is 3. The largest absolute Gasteiger partial charge is 0.502 e. The van der Waals surface area contributed by atoms with Crippen LogP contribution in [-0.4, -0.2) is 38.1 Å². The van der Waals surface area contributed by atoms with Crippen molar-refractivity contribution in [1.29, 1.82) is 0 Å². The highest BCUT2D eigenvalue weighted by Gasteiger charge is 2.20. The van der Waals surface area contributed by atoms with Crippen molar-refractivity contribution in [1.82, 2.24) is 0 Å². The van der Waals surface area contributed by atoms with Gasteiger partial charge in [0.2, 0.25) is 11.2 Å². The van der Waals surface area contributed by atoms with Crippen LogP contribution in [0.1, 0.15) is 69.8 Å². The number of fused-ring (bicyclic) bond motifs is 1. The molecule has 2 aromatic carbocycles. The first kappa shape index (κ1) is 28.4. The lowest BCUT2D eigenvalue weighted by molar-refractivity contribution is 0.282. The third kappa shape index (κ3) is 7.41. The third-order valence-electron chi connectivity index (χ3n) is 6.73. The first-order valence-corrected chi connectivity index (χ1v) is 13.2. The molecule has 202 valence electrons. The van der Waals surface area contributed by atoms with Gasteiger partial charge in [0.05, 0.1) is 26.7 Å². The summed E-state index contributed by atoms with van der Waals surface area (Å²) in [5, 5.41) is 19.9. The van der Waals surface area contributed by atoms with Crippen molar-refractivity contribution in [2.45, 2.75) is 70.6 Å². The predicted molar refractivity (Wildman–Crippen MR) is 146 cm³/mol. The summed E-state index contributed by atoms with van der Waals surface area (Å²) in [7, 11) is 4.61. The van der Waals surface area contributed by atoms with Crippen LogP contribution in [0, 0.1) is 0 Å². The zero-order valence-electron chi connectivity index (χ0n) is 22.3. The van der Waals surface area contributed by atoms with Gasteiger partial charge in [0, 0.05) is 12.2 Å². The van der Waals surface area contributed by atoms with E-state index in [1.54, 1.807) is 31.4 Å². The Morgan fingerprint density at radius 1 is 0.730 bits per heavy atom. The molecular weight excluding hydrogens is 472 g/mol. The molecule has 37 heavy (non-hydrogen) atoms. The Balaban J connectivity index is 1.68. The fraction of sp³-hybridized carbons (Fsp3) is 0.500. The maximum atomic E-state index is 13.1. The van der Waals surface area contributed by atoms with Gasteiger partial charge in [-0.2, -0.15) is 0 Å². The molecule has 0 aliphatic rings. The van der Waals surface area contributed by atoms with Crippen LogP contribution >= 0.6 is 0 Å². The van der Waals surface area contributed by atoms with Crippen LogP contribution in [0.5, 0.6) is 23.0 Å². The van der Waals surface area contributed by atoms with E-state index in [4.69, 9.17) is 23.7 Å². The topological polar surface area (TPSA) is 98.4 Å². The number of benzene rings is 2. The van der Waals surface area contributed by atoms with Crippen molar-refractivity contribution in [2.24, 2.45) is 0 Å². The number of rotatable bonds is 16. The average Bonchev–Trinajstić information content (AvgIpc) is 2.92. The molecule has 0 saturated heterocycles. The Morgan fingerprint density at radius 3 is 1.92 bits per heavy atom. The van der Waals surface area contributed by atoms with E-state index in [0.717, 1.165) is 37.7 Å². The van der Waals surface area contributed by atoms with Crippen molar-refractivity contribution in [3.63, 3.8) is 0 Å². The van der Waals surface area contributed by atoms with Crippen molar-refractivity contribution in [3.8, 4) is 34.3 Å².